The van der Waals surface area contributed by atoms with Crippen LogP contribution in [0, 0.1) is 0 Å². The topological polar surface area (TPSA) is 113 Å². The Morgan fingerprint density at radius 1 is 1.58 bits per heavy atom. The molecule has 102 valence electrons. The predicted octanol–water partition coefficient (Wildman–Crippen LogP) is -1.15. The number of aromatic nitrogens is 2. The van der Waals surface area contributed by atoms with Crippen molar-refractivity contribution >= 4 is 12.1 Å². The zero-order chi connectivity index (χ0) is 14.0. The Hall–Kier alpha value is -2.26. The molecule has 0 spiro atoms. The lowest BCUT2D eigenvalue weighted by Crippen LogP contribution is -2.34. The van der Waals surface area contributed by atoms with Crippen molar-refractivity contribution in [2.75, 3.05) is 11.9 Å². The van der Waals surface area contributed by atoms with E-state index in [1.54, 1.807) is 0 Å². The molecule has 0 fully saturated rings. The molecular weight excluding hydrogens is 261 g/mol. The Kier molecular flexibility index (Phi) is 3.58. The Bertz CT molecular complexity index is 635. The monoisotopic (exact) mass is 271 g/mol. The molecule has 19 heavy (non-hydrogen) atoms. The van der Waals surface area contributed by atoms with Crippen LogP contribution in [0.4, 0.5) is 10.1 Å². The number of amides is 1. The van der Waals surface area contributed by atoms with Crippen molar-refractivity contribution in [2.24, 2.45) is 0 Å². The standard InChI is InChI=1S/C10H10FN3O5/c11-6-1-5(3-15)19-9(6)14-2-7(12-4-16)8(17)13-10(14)18/h1-2,4-5,9,15H,3H2,(H,12,16)(H,13,17,18)/t5-,9+/m1/s1. The molecule has 1 aliphatic heterocycles. The fourth-order valence-electron chi connectivity index (χ4n) is 1.65. The minimum atomic E-state index is -1.38. The lowest BCUT2D eigenvalue weighted by Gasteiger charge is -2.15. The fraction of sp³-hybridized carbons (Fsp3) is 0.300. The Morgan fingerprint density at radius 3 is 2.89 bits per heavy atom. The third-order valence-electron chi connectivity index (χ3n) is 2.50. The minimum absolute atomic E-state index is 0.224. The van der Waals surface area contributed by atoms with E-state index in [-0.39, 0.29) is 12.1 Å². The van der Waals surface area contributed by atoms with Crippen LogP contribution in [0.15, 0.2) is 27.7 Å². The predicted molar refractivity (Wildman–Crippen MR) is 61.2 cm³/mol. The van der Waals surface area contributed by atoms with Crippen molar-refractivity contribution in [2.45, 2.75) is 12.3 Å². The van der Waals surface area contributed by atoms with Gasteiger partial charge in [0, 0.05) is 6.20 Å². The average molecular weight is 271 g/mol. The van der Waals surface area contributed by atoms with Crippen LogP contribution in [0.5, 0.6) is 0 Å². The van der Waals surface area contributed by atoms with Crippen LogP contribution in [0.1, 0.15) is 6.23 Å². The Morgan fingerprint density at radius 2 is 2.32 bits per heavy atom. The van der Waals surface area contributed by atoms with Gasteiger partial charge in [-0.05, 0) is 6.08 Å². The summed E-state index contributed by atoms with van der Waals surface area (Å²) in [6.07, 6.45) is -0.0138. The highest BCUT2D eigenvalue weighted by Crippen LogP contribution is 2.28. The number of aromatic amines is 1. The van der Waals surface area contributed by atoms with Gasteiger partial charge in [-0.3, -0.25) is 19.1 Å². The SMILES string of the molecule is O=CNc1cn([C@H]2O[C@@H](CO)C=C2F)c(=O)[nH]c1=O. The van der Waals surface area contributed by atoms with Crippen LogP contribution >= 0.6 is 0 Å². The maximum absolute atomic E-state index is 13.6. The number of aliphatic hydroxyl groups is 1. The highest BCUT2D eigenvalue weighted by Gasteiger charge is 2.29. The fourth-order valence-corrected chi connectivity index (χ4v) is 1.65. The number of hydrogen-bond donors (Lipinski definition) is 3. The molecule has 3 N–H and O–H groups in total. The van der Waals surface area contributed by atoms with Gasteiger partial charge in [-0.2, -0.15) is 0 Å². The highest BCUT2D eigenvalue weighted by molar-refractivity contribution is 5.69. The molecule has 2 rings (SSSR count). The molecule has 0 saturated carbocycles. The van der Waals surface area contributed by atoms with Gasteiger partial charge in [-0.25, -0.2) is 9.18 Å². The van der Waals surface area contributed by atoms with Gasteiger partial charge >= 0.3 is 5.69 Å². The second-order valence-corrected chi connectivity index (χ2v) is 3.73. The number of aliphatic hydroxyl groups excluding tert-OH is 1. The van der Waals surface area contributed by atoms with E-state index >= 15 is 0 Å². The summed E-state index contributed by atoms with van der Waals surface area (Å²) in [6, 6.07) is 0. The molecule has 0 aliphatic carbocycles. The summed E-state index contributed by atoms with van der Waals surface area (Å²) in [4.78, 5) is 35.1. The van der Waals surface area contributed by atoms with Gasteiger partial charge in [0.1, 0.15) is 17.6 Å². The summed E-state index contributed by atoms with van der Waals surface area (Å²) in [5, 5.41) is 10.9. The first kappa shape index (κ1) is 13.2. The summed E-state index contributed by atoms with van der Waals surface area (Å²) in [5.74, 6) is -0.773. The van der Waals surface area contributed by atoms with Gasteiger partial charge < -0.3 is 15.2 Å². The van der Waals surface area contributed by atoms with E-state index in [2.05, 4.69) is 5.32 Å². The van der Waals surface area contributed by atoms with E-state index in [0.717, 1.165) is 16.8 Å². The van der Waals surface area contributed by atoms with Crippen molar-refractivity contribution in [3.8, 4) is 0 Å². The number of carbonyl (C=O) groups excluding carboxylic acids is 1. The first-order valence-corrected chi connectivity index (χ1v) is 5.26. The number of nitrogens with one attached hydrogen (secondary N) is 2. The van der Waals surface area contributed by atoms with Gasteiger partial charge in [-0.1, -0.05) is 0 Å². The number of hydrogen-bond acceptors (Lipinski definition) is 5. The number of carbonyl (C=O) groups is 1. The maximum atomic E-state index is 13.6. The van der Waals surface area contributed by atoms with Crippen LogP contribution in [-0.2, 0) is 9.53 Å². The molecule has 1 aromatic rings. The number of anilines is 1. The van der Waals surface area contributed by atoms with Gasteiger partial charge in [-0.15, -0.1) is 0 Å². The molecule has 2 heterocycles. The van der Waals surface area contributed by atoms with Crippen LogP contribution in [-0.4, -0.2) is 33.8 Å². The quantitative estimate of drug-likeness (QED) is 0.598. The van der Waals surface area contributed by atoms with E-state index in [1.165, 1.54) is 0 Å². The molecule has 2 atom stereocenters. The molecule has 1 aliphatic rings. The van der Waals surface area contributed by atoms with Crippen molar-refractivity contribution in [3.63, 3.8) is 0 Å². The number of rotatable bonds is 4. The van der Waals surface area contributed by atoms with Crippen LogP contribution < -0.4 is 16.6 Å². The van der Waals surface area contributed by atoms with Crippen LogP contribution in [0.2, 0.25) is 0 Å². The molecule has 1 amide bonds. The Labute approximate surface area is 105 Å². The third-order valence-corrected chi connectivity index (χ3v) is 2.50. The number of halogens is 1. The second-order valence-electron chi connectivity index (χ2n) is 3.73. The van der Waals surface area contributed by atoms with Gasteiger partial charge in [0.2, 0.25) is 6.41 Å². The lowest BCUT2D eigenvalue weighted by atomic mass is 10.3. The smallest absolute Gasteiger partial charge is 0.330 e. The van der Waals surface area contributed by atoms with Crippen LogP contribution in [0.3, 0.4) is 0 Å². The zero-order valence-corrected chi connectivity index (χ0v) is 9.50. The first-order chi connectivity index (χ1) is 9.06. The summed E-state index contributed by atoms with van der Waals surface area (Å²) < 4.78 is 19.4. The van der Waals surface area contributed by atoms with Crippen molar-refractivity contribution in [1.82, 2.24) is 9.55 Å². The lowest BCUT2D eigenvalue weighted by molar-refractivity contribution is -0.105. The first-order valence-electron chi connectivity index (χ1n) is 5.26. The summed E-state index contributed by atoms with van der Waals surface area (Å²) in [7, 11) is 0. The zero-order valence-electron chi connectivity index (χ0n) is 9.50. The van der Waals surface area contributed by atoms with E-state index < -0.39 is 36.0 Å². The molecule has 0 aromatic carbocycles. The van der Waals surface area contributed by atoms with E-state index in [1.807, 2.05) is 4.98 Å². The van der Waals surface area contributed by atoms with Crippen molar-refractivity contribution < 1.29 is 19.0 Å². The normalized spacial score (nSPS) is 22.1. The second kappa shape index (κ2) is 5.16. The summed E-state index contributed by atoms with van der Waals surface area (Å²) in [5.41, 5.74) is -1.93. The van der Waals surface area contributed by atoms with E-state index in [0.29, 0.717) is 0 Å². The number of nitrogens with zero attached hydrogens (tertiary/aromatic N) is 1. The van der Waals surface area contributed by atoms with Gasteiger partial charge in [0.15, 0.2) is 6.23 Å². The maximum Gasteiger partial charge on any atom is 0.330 e. The van der Waals surface area contributed by atoms with Crippen molar-refractivity contribution in [1.29, 1.82) is 0 Å². The summed E-state index contributed by atoms with van der Waals surface area (Å²) in [6.45, 7) is -0.443. The Balaban J connectivity index is 2.43. The largest absolute Gasteiger partial charge is 0.393 e. The summed E-state index contributed by atoms with van der Waals surface area (Å²) >= 11 is 0. The van der Waals surface area contributed by atoms with Crippen LogP contribution in [0.25, 0.3) is 0 Å². The molecule has 0 bridgehead atoms. The molecule has 9 heteroatoms. The highest BCUT2D eigenvalue weighted by atomic mass is 19.1. The molecular formula is C10H10FN3O5. The number of H-pyrrole nitrogens is 1. The van der Waals surface area contributed by atoms with Gasteiger partial charge in [0.05, 0.1) is 6.61 Å². The van der Waals surface area contributed by atoms with E-state index in [4.69, 9.17) is 9.84 Å². The molecule has 0 unspecified atom stereocenters. The molecule has 8 nitrogen and oxygen atoms in total. The van der Waals surface area contributed by atoms with Crippen molar-refractivity contribution in [3.05, 3.63) is 38.9 Å². The molecule has 0 saturated heterocycles. The third kappa shape index (κ3) is 2.46. The average Bonchev–Trinajstić information content (AvgIpc) is 2.74. The minimum Gasteiger partial charge on any atom is -0.393 e. The van der Waals surface area contributed by atoms with Gasteiger partial charge in [0.25, 0.3) is 5.56 Å². The number of ether oxygens (including phenoxy) is 1. The molecule has 1 aromatic heterocycles. The molecule has 0 radical (unpaired) electrons. The van der Waals surface area contributed by atoms with E-state index in [9.17, 15) is 18.8 Å².